The minimum atomic E-state index is -0.554. The zero-order valence-corrected chi connectivity index (χ0v) is 14.5. The fourth-order valence-electron chi connectivity index (χ4n) is 3.42. The van der Waals surface area contributed by atoms with Crippen LogP contribution in [0.1, 0.15) is 56.0 Å². The van der Waals surface area contributed by atoms with Gasteiger partial charge in [-0.1, -0.05) is 12.1 Å². The molecule has 6 heteroatoms. The third-order valence-corrected chi connectivity index (χ3v) is 4.46. The second kappa shape index (κ2) is 6.00. The van der Waals surface area contributed by atoms with Gasteiger partial charge in [0.15, 0.2) is 0 Å². The van der Waals surface area contributed by atoms with Crippen molar-refractivity contribution in [3.63, 3.8) is 0 Å². The van der Waals surface area contributed by atoms with Crippen LogP contribution in [0.25, 0.3) is 0 Å². The molecule has 2 amide bonds. The molecule has 2 aliphatic heterocycles. The van der Waals surface area contributed by atoms with Crippen LogP contribution in [-0.2, 0) is 11.3 Å². The van der Waals surface area contributed by atoms with E-state index < -0.39 is 5.60 Å². The van der Waals surface area contributed by atoms with Gasteiger partial charge in [0.2, 0.25) is 0 Å². The number of hydrogen-bond donors (Lipinski definition) is 1. The summed E-state index contributed by atoms with van der Waals surface area (Å²) in [6.45, 7) is 6.64. The smallest absolute Gasteiger partial charge is 0.411 e. The Bertz CT molecular complexity index is 666. The number of amides is 2. The Kier molecular flexibility index (Phi) is 4.15. The molecule has 6 nitrogen and oxygen atoms in total. The van der Waals surface area contributed by atoms with Crippen LogP contribution in [0.15, 0.2) is 18.2 Å². The Morgan fingerprint density at radius 2 is 2.04 bits per heavy atom. The summed E-state index contributed by atoms with van der Waals surface area (Å²) in [6.07, 6.45) is 2.04. The van der Waals surface area contributed by atoms with Gasteiger partial charge in [-0.2, -0.15) is 0 Å². The van der Waals surface area contributed by atoms with Gasteiger partial charge in [-0.05, 0) is 51.7 Å². The standard InChI is InChI=1S/C18H25N3O3/c1-18(2,3)24-17(23)20-10-5-4-9-14(20)21-11-12-7-6-8-13(19)15(12)16(21)22/h6-8,14H,4-5,9-11,19H2,1-3H3. The monoisotopic (exact) mass is 331 g/mol. The van der Waals surface area contributed by atoms with E-state index in [1.54, 1.807) is 15.9 Å². The molecule has 2 heterocycles. The summed E-state index contributed by atoms with van der Waals surface area (Å²) >= 11 is 0. The van der Waals surface area contributed by atoms with Crippen molar-refractivity contribution in [3.8, 4) is 0 Å². The van der Waals surface area contributed by atoms with Crippen LogP contribution < -0.4 is 5.73 Å². The number of piperidine rings is 1. The molecule has 0 radical (unpaired) electrons. The number of benzene rings is 1. The molecule has 1 saturated heterocycles. The van der Waals surface area contributed by atoms with Crippen LogP contribution in [0.3, 0.4) is 0 Å². The second-order valence-electron chi connectivity index (χ2n) is 7.46. The molecular formula is C18H25N3O3. The van der Waals surface area contributed by atoms with Gasteiger partial charge in [-0.15, -0.1) is 0 Å². The third kappa shape index (κ3) is 3.05. The highest BCUT2D eigenvalue weighted by atomic mass is 16.6. The van der Waals surface area contributed by atoms with Crippen molar-refractivity contribution < 1.29 is 14.3 Å². The lowest BCUT2D eigenvalue weighted by atomic mass is 10.1. The summed E-state index contributed by atoms with van der Waals surface area (Å²) in [5.74, 6) is -0.0939. The zero-order valence-electron chi connectivity index (χ0n) is 14.5. The summed E-state index contributed by atoms with van der Waals surface area (Å²) in [5, 5.41) is 0. The van der Waals surface area contributed by atoms with E-state index in [1.807, 2.05) is 32.9 Å². The maximum Gasteiger partial charge on any atom is 0.411 e. The summed E-state index contributed by atoms with van der Waals surface area (Å²) in [7, 11) is 0. The zero-order chi connectivity index (χ0) is 17.5. The molecule has 1 fully saturated rings. The molecule has 0 spiro atoms. The van der Waals surface area contributed by atoms with Crippen LogP contribution in [0.5, 0.6) is 0 Å². The van der Waals surface area contributed by atoms with E-state index >= 15 is 0 Å². The van der Waals surface area contributed by atoms with E-state index in [9.17, 15) is 9.59 Å². The van der Waals surface area contributed by atoms with E-state index in [-0.39, 0.29) is 18.2 Å². The number of likely N-dealkylation sites (tertiary alicyclic amines) is 1. The van der Waals surface area contributed by atoms with Gasteiger partial charge in [0.1, 0.15) is 11.8 Å². The number of nitrogen functional groups attached to an aromatic ring is 1. The number of nitrogens with zero attached hydrogens (tertiary/aromatic N) is 2. The molecule has 1 aromatic carbocycles. The van der Waals surface area contributed by atoms with Crippen LogP contribution in [0.4, 0.5) is 10.5 Å². The average Bonchev–Trinajstić information content (AvgIpc) is 2.84. The second-order valence-corrected chi connectivity index (χ2v) is 7.46. The van der Waals surface area contributed by atoms with Crippen molar-refractivity contribution in [1.29, 1.82) is 0 Å². The third-order valence-electron chi connectivity index (χ3n) is 4.46. The number of carbonyl (C=O) groups is 2. The maximum atomic E-state index is 12.8. The highest BCUT2D eigenvalue weighted by Gasteiger charge is 2.40. The van der Waals surface area contributed by atoms with Crippen LogP contribution in [0.2, 0.25) is 0 Å². The van der Waals surface area contributed by atoms with Gasteiger partial charge in [0.05, 0.1) is 5.56 Å². The Balaban J connectivity index is 1.84. The molecule has 130 valence electrons. The SMILES string of the molecule is CC(C)(C)OC(=O)N1CCCCC1N1Cc2cccc(N)c2C1=O. The highest BCUT2D eigenvalue weighted by molar-refractivity contribution is 6.03. The van der Waals surface area contributed by atoms with Gasteiger partial charge >= 0.3 is 6.09 Å². The number of carbonyl (C=O) groups excluding carboxylic acids is 2. The van der Waals surface area contributed by atoms with Crippen molar-refractivity contribution in [2.24, 2.45) is 0 Å². The molecule has 0 saturated carbocycles. The largest absolute Gasteiger partial charge is 0.444 e. The lowest BCUT2D eigenvalue weighted by molar-refractivity contribution is -0.0192. The number of hydrogen-bond acceptors (Lipinski definition) is 4. The topological polar surface area (TPSA) is 75.9 Å². The summed E-state index contributed by atoms with van der Waals surface area (Å²) in [6, 6.07) is 5.52. The minimum Gasteiger partial charge on any atom is -0.444 e. The van der Waals surface area contributed by atoms with Crippen molar-refractivity contribution in [1.82, 2.24) is 9.80 Å². The summed E-state index contributed by atoms with van der Waals surface area (Å²) in [5.41, 5.74) is 7.43. The highest BCUT2D eigenvalue weighted by Crippen LogP contribution is 2.33. The van der Waals surface area contributed by atoms with Gasteiger partial charge in [0.25, 0.3) is 5.91 Å². The van der Waals surface area contributed by atoms with Gasteiger partial charge in [-0.25, -0.2) is 4.79 Å². The Labute approximate surface area is 142 Å². The first-order valence-electron chi connectivity index (χ1n) is 8.46. The predicted octanol–water partition coefficient (Wildman–Crippen LogP) is 2.97. The van der Waals surface area contributed by atoms with Crippen LogP contribution >= 0.6 is 0 Å². The van der Waals surface area contributed by atoms with Gasteiger partial charge in [0, 0.05) is 18.8 Å². The number of nitrogens with two attached hydrogens (primary N) is 1. The fraction of sp³-hybridized carbons (Fsp3) is 0.556. The molecular weight excluding hydrogens is 306 g/mol. The van der Waals surface area contributed by atoms with Crippen LogP contribution in [0, 0.1) is 0 Å². The first-order chi connectivity index (χ1) is 11.3. The summed E-state index contributed by atoms with van der Waals surface area (Å²) in [4.78, 5) is 28.8. The number of rotatable bonds is 1. The molecule has 0 aliphatic carbocycles. The van der Waals surface area contributed by atoms with Crippen molar-refractivity contribution >= 4 is 17.7 Å². The molecule has 1 aromatic rings. The van der Waals surface area contributed by atoms with E-state index in [0.29, 0.717) is 24.3 Å². The molecule has 3 rings (SSSR count). The predicted molar refractivity (Wildman–Crippen MR) is 91.3 cm³/mol. The van der Waals surface area contributed by atoms with E-state index in [4.69, 9.17) is 10.5 Å². The first-order valence-corrected chi connectivity index (χ1v) is 8.46. The van der Waals surface area contributed by atoms with E-state index in [1.165, 1.54) is 0 Å². The molecule has 24 heavy (non-hydrogen) atoms. The number of anilines is 1. The quantitative estimate of drug-likeness (QED) is 0.803. The average molecular weight is 331 g/mol. The Morgan fingerprint density at radius 3 is 2.71 bits per heavy atom. The molecule has 0 aromatic heterocycles. The molecule has 1 unspecified atom stereocenters. The van der Waals surface area contributed by atoms with Crippen molar-refractivity contribution in [2.75, 3.05) is 12.3 Å². The normalized spacial score (nSPS) is 21.0. The van der Waals surface area contributed by atoms with Gasteiger partial charge in [-0.3, -0.25) is 9.69 Å². The number of ether oxygens (including phenoxy) is 1. The Hall–Kier alpha value is -2.24. The lowest BCUT2D eigenvalue weighted by Crippen LogP contribution is -2.54. The Morgan fingerprint density at radius 1 is 1.29 bits per heavy atom. The van der Waals surface area contributed by atoms with Crippen molar-refractivity contribution in [3.05, 3.63) is 29.3 Å². The molecule has 2 N–H and O–H groups in total. The van der Waals surface area contributed by atoms with E-state index in [0.717, 1.165) is 24.8 Å². The summed E-state index contributed by atoms with van der Waals surface area (Å²) < 4.78 is 5.53. The molecule has 2 aliphatic rings. The van der Waals surface area contributed by atoms with Crippen LogP contribution in [-0.4, -0.2) is 40.1 Å². The van der Waals surface area contributed by atoms with E-state index in [2.05, 4.69) is 0 Å². The van der Waals surface area contributed by atoms with Gasteiger partial charge < -0.3 is 15.4 Å². The fourth-order valence-corrected chi connectivity index (χ4v) is 3.42. The first kappa shape index (κ1) is 16.6. The molecule has 1 atom stereocenters. The maximum absolute atomic E-state index is 12.8. The number of fused-ring (bicyclic) bond motifs is 1. The lowest BCUT2D eigenvalue weighted by Gasteiger charge is -2.41. The van der Waals surface area contributed by atoms with Crippen molar-refractivity contribution in [2.45, 2.75) is 58.3 Å². The minimum absolute atomic E-state index is 0.0939. The molecule has 0 bridgehead atoms.